The molecule has 1 fully saturated rings. The Labute approximate surface area is 72.9 Å². The molecule has 0 aromatic rings. The molecule has 1 heterocycles. The summed E-state index contributed by atoms with van der Waals surface area (Å²) in [7, 11) is 0. The molecule has 4 heteroatoms. The number of carbonyl (C=O) groups excluding carboxylic acids is 1. The Morgan fingerprint density at radius 1 is 1.67 bits per heavy atom. The lowest BCUT2D eigenvalue weighted by atomic mass is 10.00. The minimum absolute atomic E-state index is 0.296. The molecule has 0 spiro atoms. The SMILES string of the molecule is CC(C)(NCC1CNC1)C(N)=O. The van der Waals surface area contributed by atoms with Gasteiger partial charge in [0, 0.05) is 19.6 Å². The van der Waals surface area contributed by atoms with Crippen LogP contribution in [0.25, 0.3) is 0 Å². The first-order chi connectivity index (χ1) is 5.52. The van der Waals surface area contributed by atoms with Crippen LogP contribution >= 0.6 is 0 Å². The zero-order chi connectivity index (χ0) is 9.19. The average molecular weight is 171 g/mol. The van der Waals surface area contributed by atoms with Gasteiger partial charge in [-0.05, 0) is 19.8 Å². The van der Waals surface area contributed by atoms with Crippen molar-refractivity contribution < 1.29 is 4.79 Å². The molecule has 0 atom stereocenters. The van der Waals surface area contributed by atoms with Crippen molar-refractivity contribution in [2.75, 3.05) is 19.6 Å². The molecule has 0 saturated carbocycles. The summed E-state index contributed by atoms with van der Waals surface area (Å²) in [5, 5.41) is 6.32. The van der Waals surface area contributed by atoms with Crippen LogP contribution in [0.4, 0.5) is 0 Å². The molecule has 1 aliphatic heterocycles. The van der Waals surface area contributed by atoms with E-state index in [0.29, 0.717) is 5.92 Å². The van der Waals surface area contributed by atoms with Crippen LogP contribution < -0.4 is 16.4 Å². The van der Waals surface area contributed by atoms with Gasteiger partial charge in [-0.2, -0.15) is 0 Å². The van der Waals surface area contributed by atoms with E-state index in [1.807, 2.05) is 0 Å². The number of primary amides is 1. The van der Waals surface area contributed by atoms with E-state index in [-0.39, 0.29) is 5.91 Å². The molecule has 0 aliphatic carbocycles. The summed E-state index contributed by atoms with van der Waals surface area (Å²) in [6.45, 7) is 6.56. The van der Waals surface area contributed by atoms with Gasteiger partial charge in [-0.3, -0.25) is 4.79 Å². The minimum Gasteiger partial charge on any atom is -0.368 e. The monoisotopic (exact) mass is 171 g/mol. The van der Waals surface area contributed by atoms with Crippen LogP contribution in [0.15, 0.2) is 0 Å². The molecule has 12 heavy (non-hydrogen) atoms. The first kappa shape index (κ1) is 9.48. The van der Waals surface area contributed by atoms with Gasteiger partial charge in [-0.1, -0.05) is 0 Å². The number of amides is 1. The average Bonchev–Trinajstić information content (AvgIpc) is 1.83. The van der Waals surface area contributed by atoms with E-state index in [2.05, 4.69) is 10.6 Å². The van der Waals surface area contributed by atoms with Crippen molar-refractivity contribution in [2.45, 2.75) is 19.4 Å². The molecular formula is C8H17N3O. The van der Waals surface area contributed by atoms with E-state index in [1.165, 1.54) is 0 Å². The van der Waals surface area contributed by atoms with Gasteiger partial charge in [0.25, 0.3) is 0 Å². The predicted octanol–water partition coefficient (Wildman–Crippen LogP) is -0.941. The van der Waals surface area contributed by atoms with E-state index >= 15 is 0 Å². The van der Waals surface area contributed by atoms with Crippen molar-refractivity contribution >= 4 is 5.91 Å². The van der Waals surface area contributed by atoms with Crippen LogP contribution in [0.5, 0.6) is 0 Å². The lowest BCUT2D eigenvalue weighted by Gasteiger charge is -2.31. The Kier molecular flexibility index (Phi) is 2.69. The Bertz CT molecular complexity index is 175. The van der Waals surface area contributed by atoms with Crippen LogP contribution in [-0.4, -0.2) is 31.1 Å². The number of hydrogen-bond acceptors (Lipinski definition) is 3. The molecule has 0 bridgehead atoms. The second kappa shape index (κ2) is 3.41. The fourth-order valence-corrected chi connectivity index (χ4v) is 0.979. The van der Waals surface area contributed by atoms with Crippen molar-refractivity contribution in [2.24, 2.45) is 11.7 Å². The van der Waals surface area contributed by atoms with Crippen LogP contribution in [0, 0.1) is 5.92 Å². The highest BCUT2D eigenvalue weighted by atomic mass is 16.1. The van der Waals surface area contributed by atoms with E-state index in [9.17, 15) is 4.79 Å². The van der Waals surface area contributed by atoms with Gasteiger partial charge in [0.15, 0.2) is 0 Å². The first-order valence-corrected chi connectivity index (χ1v) is 4.28. The standard InChI is InChI=1S/C8H17N3O/c1-8(2,7(9)12)11-5-6-3-10-4-6/h6,10-11H,3-5H2,1-2H3,(H2,9,12). The summed E-state index contributed by atoms with van der Waals surface area (Å²) in [6, 6.07) is 0. The molecule has 0 aromatic carbocycles. The van der Waals surface area contributed by atoms with E-state index in [0.717, 1.165) is 19.6 Å². The fraction of sp³-hybridized carbons (Fsp3) is 0.875. The topological polar surface area (TPSA) is 67.2 Å². The second-order valence-corrected chi connectivity index (χ2v) is 3.89. The summed E-state index contributed by atoms with van der Waals surface area (Å²) in [5.74, 6) is 0.360. The van der Waals surface area contributed by atoms with Gasteiger partial charge in [-0.25, -0.2) is 0 Å². The molecule has 70 valence electrons. The Balaban J connectivity index is 2.24. The van der Waals surface area contributed by atoms with Crippen molar-refractivity contribution in [1.29, 1.82) is 0 Å². The highest BCUT2D eigenvalue weighted by Gasteiger charge is 2.26. The van der Waals surface area contributed by atoms with Gasteiger partial charge in [0.2, 0.25) is 5.91 Å². The maximum Gasteiger partial charge on any atom is 0.237 e. The van der Waals surface area contributed by atoms with Gasteiger partial charge in [0.05, 0.1) is 5.54 Å². The first-order valence-electron chi connectivity index (χ1n) is 4.28. The van der Waals surface area contributed by atoms with Gasteiger partial charge < -0.3 is 16.4 Å². The lowest BCUT2D eigenvalue weighted by molar-refractivity contribution is -0.123. The lowest BCUT2D eigenvalue weighted by Crippen LogP contribution is -2.56. The van der Waals surface area contributed by atoms with Gasteiger partial charge in [-0.15, -0.1) is 0 Å². The molecule has 1 saturated heterocycles. The van der Waals surface area contributed by atoms with E-state index in [4.69, 9.17) is 5.73 Å². The van der Waals surface area contributed by atoms with E-state index in [1.54, 1.807) is 13.8 Å². The van der Waals surface area contributed by atoms with Crippen molar-refractivity contribution in [3.05, 3.63) is 0 Å². The van der Waals surface area contributed by atoms with Crippen molar-refractivity contribution in [3.63, 3.8) is 0 Å². The summed E-state index contributed by atoms with van der Waals surface area (Å²) in [4.78, 5) is 10.9. The largest absolute Gasteiger partial charge is 0.368 e. The fourth-order valence-electron chi connectivity index (χ4n) is 0.979. The molecule has 4 N–H and O–H groups in total. The van der Waals surface area contributed by atoms with Crippen LogP contribution in [0.1, 0.15) is 13.8 Å². The van der Waals surface area contributed by atoms with Crippen LogP contribution in [0.3, 0.4) is 0 Å². The maximum atomic E-state index is 10.9. The maximum absolute atomic E-state index is 10.9. The third-order valence-corrected chi connectivity index (χ3v) is 2.31. The molecule has 1 aliphatic rings. The third-order valence-electron chi connectivity index (χ3n) is 2.31. The van der Waals surface area contributed by atoms with Gasteiger partial charge >= 0.3 is 0 Å². The highest BCUT2D eigenvalue weighted by Crippen LogP contribution is 2.05. The third kappa shape index (κ3) is 2.19. The minimum atomic E-state index is -0.574. The van der Waals surface area contributed by atoms with Crippen molar-refractivity contribution in [3.8, 4) is 0 Å². The normalized spacial score (nSPS) is 18.8. The van der Waals surface area contributed by atoms with Crippen LogP contribution in [-0.2, 0) is 4.79 Å². The summed E-state index contributed by atoms with van der Waals surface area (Å²) >= 11 is 0. The molecule has 1 amide bonds. The predicted molar refractivity (Wildman–Crippen MR) is 47.6 cm³/mol. The summed E-state index contributed by atoms with van der Waals surface area (Å²) in [6.07, 6.45) is 0. The second-order valence-electron chi connectivity index (χ2n) is 3.89. The molecule has 0 unspecified atom stereocenters. The number of rotatable bonds is 4. The molecule has 0 aromatic heterocycles. The number of carbonyl (C=O) groups is 1. The number of nitrogens with two attached hydrogens (primary N) is 1. The zero-order valence-electron chi connectivity index (χ0n) is 7.68. The smallest absolute Gasteiger partial charge is 0.237 e. The Morgan fingerprint density at radius 2 is 2.25 bits per heavy atom. The Morgan fingerprint density at radius 3 is 2.58 bits per heavy atom. The quantitative estimate of drug-likeness (QED) is 0.511. The Hall–Kier alpha value is -0.610. The molecular weight excluding hydrogens is 154 g/mol. The molecule has 4 nitrogen and oxygen atoms in total. The molecule has 0 radical (unpaired) electrons. The summed E-state index contributed by atoms with van der Waals surface area (Å²) < 4.78 is 0. The molecule has 1 rings (SSSR count). The van der Waals surface area contributed by atoms with Gasteiger partial charge in [0.1, 0.15) is 0 Å². The number of nitrogens with one attached hydrogen (secondary N) is 2. The van der Waals surface area contributed by atoms with Crippen LogP contribution in [0.2, 0.25) is 0 Å². The summed E-state index contributed by atoms with van der Waals surface area (Å²) in [5.41, 5.74) is 4.63. The van der Waals surface area contributed by atoms with Crippen molar-refractivity contribution in [1.82, 2.24) is 10.6 Å². The van der Waals surface area contributed by atoms with E-state index < -0.39 is 5.54 Å². The highest BCUT2D eigenvalue weighted by molar-refractivity contribution is 5.83. The number of hydrogen-bond donors (Lipinski definition) is 3. The zero-order valence-corrected chi connectivity index (χ0v) is 7.68.